The van der Waals surface area contributed by atoms with E-state index in [4.69, 9.17) is 4.74 Å². The summed E-state index contributed by atoms with van der Waals surface area (Å²) in [5, 5.41) is 0. The van der Waals surface area contributed by atoms with Crippen molar-refractivity contribution >= 4 is 11.9 Å². The molecule has 0 aromatic heterocycles. The van der Waals surface area contributed by atoms with Crippen molar-refractivity contribution in [3.8, 4) is 5.75 Å². The Labute approximate surface area is 137 Å². The highest BCUT2D eigenvalue weighted by Crippen LogP contribution is 2.22. The molecule has 0 spiro atoms. The molecule has 118 valence electrons. The summed E-state index contributed by atoms with van der Waals surface area (Å²) < 4.78 is 5.48. The van der Waals surface area contributed by atoms with Gasteiger partial charge in [0.1, 0.15) is 5.75 Å². The fourth-order valence-electron chi connectivity index (χ4n) is 3.03. The highest BCUT2D eigenvalue weighted by atomic mass is 16.5. The molecule has 2 heteroatoms. The SMILES string of the molecule is CCOc1cccc(/C=C/C(=O)c2ccc3c(c2)CCCC3)c1. The number of hydrogen-bond acceptors (Lipinski definition) is 2. The lowest BCUT2D eigenvalue weighted by Gasteiger charge is -2.15. The number of carbonyl (C=O) groups excluding carboxylic acids is 1. The van der Waals surface area contributed by atoms with E-state index in [0.717, 1.165) is 29.7 Å². The average molecular weight is 306 g/mol. The van der Waals surface area contributed by atoms with Gasteiger partial charge in [-0.05, 0) is 73.6 Å². The number of aryl methyl sites for hydroxylation is 2. The van der Waals surface area contributed by atoms with E-state index in [1.165, 1.54) is 24.0 Å². The third kappa shape index (κ3) is 3.89. The molecule has 23 heavy (non-hydrogen) atoms. The van der Waals surface area contributed by atoms with Crippen LogP contribution < -0.4 is 4.74 Å². The summed E-state index contributed by atoms with van der Waals surface area (Å²) in [5.41, 5.74) is 4.50. The van der Waals surface area contributed by atoms with Crippen LogP contribution in [-0.2, 0) is 12.8 Å². The third-order valence-corrected chi connectivity index (χ3v) is 4.23. The largest absolute Gasteiger partial charge is 0.494 e. The molecular formula is C21H22O2. The summed E-state index contributed by atoms with van der Waals surface area (Å²) in [7, 11) is 0. The monoisotopic (exact) mass is 306 g/mol. The van der Waals surface area contributed by atoms with Crippen molar-refractivity contribution in [2.45, 2.75) is 32.6 Å². The van der Waals surface area contributed by atoms with Crippen LogP contribution in [0.5, 0.6) is 5.75 Å². The molecule has 0 amide bonds. The van der Waals surface area contributed by atoms with Crippen LogP contribution in [0.25, 0.3) is 6.08 Å². The van der Waals surface area contributed by atoms with Gasteiger partial charge in [0.15, 0.2) is 5.78 Å². The molecule has 0 unspecified atom stereocenters. The predicted molar refractivity (Wildman–Crippen MR) is 94.1 cm³/mol. The first-order valence-electron chi connectivity index (χ1n) is 8.33. The standard InChI is InChI=1S/C21H22O2/c1-2-23-20-9-5-6-16(14-20)10-13-21(22)19-12-11-17-7-3-4-8-18(17)15-19/h5-6,9-15H,2-4,7-8H2,1H3/b13-10+. The van der Waals surface area contributed by atoms with E-state index >= 15 is 0 Å². The van der Waals surface area contributed by atoms with Crippen molar-refractivity contribution in [2.24, 2.45) is 0 Å². The molecule has 0 N–H and O–H groups in total. The summed E-state index contributed by atoms with van der Waals surface area (Å²) in [6, 6.07) is 13.9. The van der Waals surface area contributed by atoms with E-state index in [1.807, 2.05) is 43.3 Å². The number of benzene rings is 2. The average Bonchev–Trinajstić information content (AvgIpc) is 2.60. The van der Waals surface area contributed by atoms with Gasteiger partial charge in [-0.15, -0.1) is 0 Å². The van der Waals surface area contributed by atoms with Gasteiger partial charge in [-0.2, -0.15) is 0 Å². The van der Waals surface area contributed by atoms with Gasteiger partial charge in [0.2, 0.25) is 0 Å². The van der Waals surface area contributed by atoms with Crippen LogP contribution >= 0.6 is 0 Å². The van der Waals surface area contributed by atoms with Crippen molar-refractivity contribution in [3.05, 3.63) is 70.8 Å². The molecule has 0 atom stereocenters. The second kappa shape index (κ2) is 7.28. The molecule has 0 aliphatic heterocycles. The summed E-state index contributed by atoms with van der Waals surface area (Å²) >= 11 is 0. The normalized spacial score (nSPS) is 13.8. The van der Waals surface area contributed by atoms with Crippen LogP contribution in [0.4, 0.5) is 0 Å². The summed E-state index contributed by atoms with van der Waals surface area (Å²) in [6.07, 6.45) is 8.22. The summed E-state index contributed by atoms with van der Waals surface area (Å²) in [6.45, 7) is 2.60. The minimum atomic E-state index is 0.0557. The lowest BCUT2D eigenvalue weighted by Crippen LogP contribution is -2.05. The first-order chi connectivity index (χ1) is 11.3. The minimum absolute atomic E-state index is 0.0557. The molecule has 0 saturated heterocycles. The smallest absolute Gasteiger partial charge is 0.185 e. The quantitative estimate of drug-likeness (QED) is 0.582. The molecule has 0 saturated carbocycles. The minimum Gasteiger partial charge on any atom is -0.494 e. The summed E-state index contributed by atoms with van der Waals surface area (Å²) in [5.74, 6) is 0.885. The number of ether oxygens (including phenoxy) is 1. The Kier molecular flexibility index (Phi) is 4.92. The number of rotatable bonds is 5. The number of fused-ring (bicyclic) bond motifs is 1. The van der Waals surface area contributed by atoms with Gasteiger partial charge in [0.05, 0.1) is 6.61 Å². The van der Waals surface area contributed by atoms with E-state index in [2.05, 4.69) is 12.1 Å². The first kappa shape index (κ1) is 15.5. The Morgan fingerprint density at radius 3 is 2.74 bits per heavy atom. The second-order valence-electron chi connectivity index (χ2n) is 5.89. The van der Waals surface area contributed by atoms with Gasteiger partial charge in [0.25, 0.3) is 0 Å². The number of hydrogen-bond donors (Lipinski definition) is 0. The van der Waals surface area contributed by atoms with E-state index < -0.39 is 0 Å². The Hall–Kier alpha value is -2.35. The molecule has 2 nitrogen and oxygen atoms in total. The first-order valence-corrected chi connectivity index (χ1v) is 8.33. The fraction of sp³-hybridized carbons (Fsp3) is 0.286. The van der Waals surface area contributed by atoms with Gasteiger partial charge in [-0.25, -0.2) is 0 Å². The fourth-order valence-corrected chi connectivity index (χ4v) is 3.03. The zero-order chi connectivity index (χ0) is 16.1. The molecule has 2 aromatic rings. The van der Waals surface area contributed by atoms with Crippen molar-refractivity contribution in [1.29, 1.82) is 0 Å². The topological polar surface area (TPSA) is 26.3 Å². The molecule has 3 rings (SSSR count). The van der Waals surface area contributed by atoms with Crippen LogP contribution in [-0.4, -0.2) is 12.4 Å². The third-order valence-electron chi connectivity index (χ3n) is 4.23. The number of allylic oxidation sites excluding steroid dienone is 1. The number of carbonyl (C=O) groups is 1. The molecule has 0 radical (unpaired) electrons. The number of ketones is 1. The Morgan fingerprint density at radius 2 is 1.91 bits per heavy atom. The van der Waals surface area contributed by atoms with E-state index in [1.54, 1.807) is 6.08 Å². The van der Waals surface area contributed by atoms with Crippen LogP contribution in [0.2, 0.25) is 0 Å². The van der Waals surface area contributed by atoms with Crippen LogP contribution in [0.3, 0.4) is 0 Å². The highest BCUT2D eigenvalue weighted by molar-refractivity contribution is 6.07. The zero-order valence-corrected chi connectivity index (χ0v) is 13.5. The van der Waals surface area contributed by atoms with Gasteiger partial charge in [-0.1, -0.05) is 30.3 Å². The summed E-state index contributed by atoms with van der Waals surface area (Å²) in [4.78, 5) is 12.4. The van der Waals surface area contributed by atoms with Gasteiger partial charge >= 0.3 is 0 Å². The molecule has 1 aliphatic rings. The van der Waals surface area contributed by atoms with Crippen molar-refractivity contribution < 1.29 is 9.53 Å². The Bertz CT molecular complexity index is 728. The molecule has 1 aliphatic carbocycles. The lowest BCUT2D eigenvalue weighted by atomic mass is 9.90. The molecule has 0 bridgehead atoms. The molecule has 0 heterocycles. The lowest BCUT2D eigenvalue weighted by molar-refractivity contribution is 0.104. The Balaban J connectivity index is 1.74. The molecular weight excluding hydrogens is 284 g/mol. The van der Waals surface area contributed by atoms with E-state index in [-0.39, 0.29) is 5.78 Å². The van der Waals surface area contributed by atoms with Gasteiger partial charge in [-0.3, -0.25) is 4.79 Å². The maximum atomic E-state index is 12.4. The predicted octanol–water partition coefficient (Wildman–Crippen LogP) is 4.86. The van der Waals surface area contributed by atoms with Gasteiger partial charge in [0, 0.05) is 5.56 Å². The van der Waals surface area contributed by atoms with E-state index in [0.29, 0.717) is 6.61 Å². The maximum absolute atomic E-state index is 12.4. The van der Waals surface area contributed by atoms with Crippen molar-refractivity contribution in [3.63, 3.8) is 0 Å². The highest BCUT2D eigenvalue weighted by Gasteiger charge is 2.11. The molecule has 0 fully saturated rings. The maximum Gasteiger partial charge on any atom is 0.185 e. The van der Waals surface area contributed by atoms with Crippen LogP contribution in [0.1, 0.15) is 46.8 Å². The van der Waals surface area contributed by atoms with Crippen molar-refractivity contribution in [2.75, 3.05) is 6.61 Å². The van der Waals surface area contributed by atoms with Crippen LogP contribution in [0.15, 0.2) is 48.5 Å². The van der Waals surface area contributed by atoms with Crippen molar-refractivity contribution in [1.82, 2.24) is 0 Å². The Morgan fingerprint density at radius 1 is 1.09 bits per heavy atom. The van der Waals surface area contributed by atoms with E-state index in [9.17, 15) is 4.79 Å². The second-order valence-corrected chi connectivity index (χ2v) is 5.89. The van der Waals surface area contributed by atoms with Crippen LogP contribution in [0, 0.1) is 0 Å². The van der Waals surface area contributed by atoms with Gasteiger partial charge < -0.3 is 4.74 Å². The zero-order valence-electron chi connectivity index (χ0n) is 13.5. The molecule has 2 aromatic carbocycles.